The third kappa shape index (κ3) is 4.59. The lowest BCUT2D eigenvalue weighted by Gasteiger charge is -2.38. The number of nitrogens with zero attached hydrogens (tertiary/aromatic N) is 2. The Morgan fingerprint density at radius 2 is 1.96 bits per heavy atom. The maximum atomic E-state index is 12.9. The Balaban J connectivity index is 2.15. The van der Waals surface area contributed by atoms with Gasteiger partial charge in [-0.1, -0.05) is 6.07 Å². The van der Waals surface area contributed by atoms with Gasteiger partial charge >= 0.3 is 5.97 Å². The molecule has 6 nitrogen and oxygen atoms in total. The standard InChI is InChI=1S/C18H28N2O4S/c1-5-24-18(21)15-7-6-8-17(13-15)25(22,23)19(4)16-9-11-20(12-10-16)14(2)3/h6-8,13-14,16H,5,9-12H2,1-4H3. The number of piperidine rings is 1. The molecule has 1 saturated heterocycles. The second-order valence-electron chi connectivity index (χ2n) is 6.63. The van der Waals surface area contributed by atoms with Crippen LogP contribution in [0.2, 0.25) is 0 Å². The average molecular weight is 368 g/mol. The molecule has 0 N–H and O–H groups in total. The molecule has 0 saturated carbocycles. The molecule has 0 aromatic heterocycles. The Labute approximate surface area is 150 Å². The van der Waals surface area contributed by atoms with Gasteiger partial charge in [-0.3, -0.25) is 0 Å². The summed E-state index contributed by atoms with van der Waals surface area (Å²) in [7, 11) is -2.01. The van der Waals surface area contributed by atoms with Gasteiger partial charge in [0.2, 0.25) is 10.0 Å². The van der Waals surface area contributed by atoms with Crippen LogP contribution in [0.4, 0.5) is 0 Å². The van der Waals surface area contributed by atoms with Gasteiger partial charge in [0.15, 0.2) is 0 Å². The molecule has 0 atom stereocenters. The van der Waals surface area contributed by atoms with E-state index in [0.29, 0.717) is 6.04 Å². The molecule has 0 aliphatic carbocycles. The number of benzene rings is 1. The molecule has 1 aliphatic heterocycles. The monoisotopic (exact) mass is 368 g/mol. The number of ether oxygens (including phenoxy) is 1. The first-order valence-electron chi connectivity index (χ1n) is 8.76. The highest BCUT2D eigenvalue weighted by molar-refractivity contribution is 7.89. The molecule has 0 unspecified atom stereocenters. The van der Waals surface area contributed by atoms with Gasteiger partial charge in [0.05, 0.1) is 17.1 Å². The SMILES string of the molecule is CCOC(=O)c1cccc(S(=O)(=O)N(C)C2CCN(C(C)C)CC2)c1. The summed E-state index contributed by atoms with van der Waals surface area (Å²) in [4.78, 5) is 14.3. The summed E-state index contributed by atoms with van der Waals surface area (Å²) < 4.78 is 32.3. The first-order valence-corrected chi connectivity index (χ1v) is 10.2. The van der Waals surface area contributed by atoms with Crippen molar-refractivity contribution >= 4 is 16.0 Å². The number of rotatable bonds is 6. The third-order valence-electron chi connectivity index (χ3n) is 4.77. The zero-order valence-corrected chi connectivity index (χ0v) is 16.3. The van der Waals surface area contributed by atoms with E-state index in [1.54, 1.807) is 26.1 Å². The predicted octanol–water partition coefficient (Wildman–Crippen LogP) is 2.36. The van der Waals surface area contributed by atoms with Gasteiger partial charge < -0.3 is 9.64 Å². The molecule has 1 fully saturated rings. The highest BCUT2D eigenvalue weighted by atomic mass is 32.2. The summed E-state index contributed by atoms with van der Waals surface area (Å²) in [6.07, 6.45) is 1.62. The molecule has 7 heteroatoms. The Kier molecular flexibility index (Phi) is 6.59. The van der Waals surface area contributed by atoms with E-state index in [4.69, 9.17) is 4.74 Å². The van der Waals surface area contributed by atoms with Crippen molar-refractivity contribution in [3.63, 3.8) is 0 Å². The number of esters is 1. The fraction of sp³-hybridized carbons (Fsp3) is 0.611. The van der Waals surface area contributed by atoms with E-state index in [-0.39, 0.29) is 23.1 Å². The molecule has 2 rings (SSSR count). The molecular weight excluding hydrogens is 340 g/mol. The number of hydrogen-bond acceptors (Lipinski definition) is 5. The lowest BCUT2D eigenvalue weighted by Crippen LogP contribution is -2.47. The van der Waals surface area contributed by atoms with Crippen molar-refractivity contribution in [2.45, 2.75) is 50.6 Å². The molecule has 25 heavy (non-hydrogen) atoms. The molecular formula is C18H28N2O4S. The first kappa shape index (κ1) is 19.9. The Bertz CT molecular complexity index is 695. The van der Waals surface area contributed by atoms with E-state index in [1.165, 1.54) is 16.4 Å². The molecule has 0 bridgehead atoms. The maximum Gasteiger partial charge on any atom is 0.338 e. The lowest BCUT2D eigenvalue weighted by molar-refractivity contribution is 0.0526. The number of carbonyl (C=O) groups is 1. The van der Waals surface area contributed by atoms with Crippen LogP contribution in [0, 0.1) is 0 Å². The normalized spacial score (nSPS) is 17.2. The van der Waals surface area contributed by atoms with Crippen LogP contribution in [-0.2, 0) is 14.8 Å². The summed E-state index contributed by atoms with van der Waals surface area (Å²) in [5.41, 5.74) is 0.256. The van der Waals surface area contributed by atoms with E-state index in [9.17, 15) is 13.2 Å². The van der Waals surface area contributed by atoms with Crippen molar-refractivity contribution in [3.8, 4) is 0 Å². The molecule has 1 aromatic carbocycles. The Morgan fingerprint density at radius 1 is 1.32 bits per heavy atom. The number of sulfonamides is 1. The predicted molar refractivity (Wildman–Crippen MR) is 97.1 cm³/mol. The fourth-order valence-electron chi connectivity index (χ4n) is 3.13. The van der Waals surface area contributed by atoms with Crippen molar-refractivity contribution in [2.24, 2.45) is 0 Å². The topological polar surface area (TPSA) is 66.9 Å². The maximum absolute atomic E-state index is 12.9. The number of likely N-dealkylation sites (tertiary alicyclic amines) is 1. The Morgan fingerprint density at radius 3 is 2.52 bits per heavy atom. The van der Waals surface area contributed by atoms with Crippen LogP contribution in [0.25, 0.3) is 0 Å². The van der Waals surface area contributed by atoms with Crippen molar-refractivity contribution in [1.29, 1.82) is 0 Å². The third-order valence-corrected chi connectivity index (χ3v) is 6.67. The first-order chi connectivity index (χ1) is 11.8. The molecule has 1 aromatic rings. The van der Waals surface area contributed by atoms with Crippen LogP contribution in [0.1, 0.15) is 44.0 Å². The molecule has 0 radical (unpaired) electrons. The number of carbonyl (C=O) groups excluding carboxylic acids is 1. The van der Waals surface area contributed by atoms with Gasteiger partial charge in [0, 0.05) is 19.1 Å². The van der Waals surface area contributed by atoms with Crippen molar-refractivity contribution < 1.29 is 17.9 Å². The largest absolute Gasteiger partial charge is 0.462 e. The quantitative estimate of drug-likeness (QED) is 0.721. The Hall–Kier alpha value is -1.44. The van der Waals surface area contributed by atoms with Crippen molar-refractivity contribution in [3.05, 3.63) is 29.8 Å². The summed E-state index contributed by atoms with van der Waals surface area (Å²) in [5, 5.41) is 0. The van der Waals surface area contributed by atoms with E-state index in [1.807, 2.05) is 0 Å². The molecule has 1 aliphatic rings. The minimum atomic E-state index is -3.64. The minimum absolute atomic E-state index is 0.0220. The van der Waals surface area contributed by atoms with Gasteiger partial charge in [0.25, 0.3) is 0 Å². The van der Waals surface area contributed by atoms with Gasteiger partial charge in [-0.2, -0.15) is 4.31 Å². The second kappa shape index (κ2) is 8.29. The van der Waals surface area contributed by atoms with Crippen LogP contribution >= 0.6 is 0 Å². The summed E-state index contributed by atoms with van der Waals surface area (Å²) >= 11 is 0. The van der Waals surface area contributed by atoms with Crippen molar-refractivity contribution in [2.75, 3.05) is 26.7 Å². The van der Waals surface area contributed by atoms with Gasteiger partial charge in [-0.15, -0.1) is 0 Å². The van der Waals surface area contributed by atoms with E-state index in [0.717, 1.165) is 25.9 Å². The zero-order chi connectivity index (χ0) is 18.6. The summed E-state index contributed by atoms with van der Waals surface area (Å²) in [6.45, 7) is 8.07. The highest BCUT2D eigenvalue weighted by Gasteiger charge is 2.31. The highest BCUT2D eigenvalue weighted by Crippen LogP contribution is 2.24. The van der Waals surface area contributed by atoms with Crippen LogP contribution in [0.3, 0.4) is 0 Å². The van der Waals surface area contributed by atoms with Crippen molar-refractivity contribution in [1.82, 2.24) is 9.21 Å². The van der Waals surface area contributed by atoms with E-state index < -0.39 is 16.0 Å². The fourth-order valence-corrected chi connectivity index (χ4v) is 4.59. The molecule has 140 valence electrons. The number of hydrogen-bond donors (Lipinski definition) is 0. The molecule has 1 heterocycles. The molecule has 0 amide bonds. The van der Waals surface area contributed by atoms with Crippen LogP contribution in [0.5, 0.6) is 0 Å². The average Bonchev–Trinajstić information content (AvgIpc) is 2.61. The van der Waals surface area contributed by atoms with Gasteiger partial charge in [-0.25, -0.2) is 13.2 Å². The minimum Gasteiger partial charge on any atom is -0.462 e. The summed E-state index contributed by atoms with van der Waals surface area (Å²) in [5.74, 6) is -0.507. The lowest BCUT2D eigenvalue weighted by atomic mass is 10.0. The van der Waals surface area contributed by atoms with E-state index >= 15 is 0 Å². The van der Waals surface area contributed by atoms with Gasteiger partial charge in [0.1, 0.15) is 0 Å². The van der Waals surface area contributed by atoms with Crippen LogP contribution < -0.4 is 0 Å². The van der Waals surface area contributed by atoms with Crippen LogP contribution in [-0.4, -0.2) is 62.4 Å². The zero-order valence-electron chi connectivity index (χ0n) is 15.4. The summed E-state index contributed by atoms with van der Waals surface area (Å²) in [6, 6.07) is 6.52. The van der Waals surface area contributed by atoms with E-state index in [2.05, 4.69) is 18.7 Å². The van der Waals surface area contributed by atoms with Crippen LogP contribution in [0.15, 0.2) is 29.2 Å². The smallest absolute Gasteiger partial charge is 0.338 e. The van der Waals surface area contributed by atoms with Gasteiger partial charge in [-0.05, 0) is 64.9 Å². The molecule has 0 spiro atoms. The second-order valence-corrected chi connectivity index (χ2v) is 8.63.